The number of anilines is 4. The van der Waals surface area contributed by atoms with Gasteiger partial charge in [0.15, 0.2) is 11.6 Å². The highest BCUT2D eigenvalue weighted by Crippen LogP contribution is 2.27. The predicted molar refractivity (Wildman–Crippen MR) is 77.5 cm³/mol. The lowest BCUT2D eigenvalue weighted by Gasteiger charge is -2.16. The number of nitrogens with two attached hydrogens (primary N) is 1. The van der Waals surface area contributed by atoms with E-state index in [0.717, 1.165) is 0 Å². The standard InChI is InChI=1S/C13H15N5O2/c1-18(2)12-10(14)11(15-7-16-12)17-9-5-3-8(4-6-9)13(19)20/h3-7H,14H2,1-2H3,(H,19,20)(H,15,16,17). The van der Waals surface area contributed by atoms with Gasteiger partial charge in [0.1, 0.15) is 12.0 Å². The van der Waals surface area contributed by atoms with Crippen LogP contribution in [0.4, 0.5) is 23.0 Å². The van der Waals surface area contributed by atoms with Crippen LogP contribution >= 0.6 is 0 Å². The number of benzene rings is 1. The SMILES string of the molecule is CN(C)c1ncnc(Nc2ccc(C(=O)O)cc2)c1N. The second kappa shape index (κ2) is 5.43. The van der Waals surface area contributed by atoms with Crippen LogP contribution in [0.25, 0.3) is 0 Å². The fourth-order valence-corrected chi connectivity index (χ4v) is 1.68. The molecule has 104 valence electrons. The molecule has 2 rings (SSSR count). The topological polar surface area (TPSA) is 104 Å². The number of nitrogen functional groups attached to an aromatic ring is 1. The van der Waals surface area contributed by atoms with Gasteiger partial charge in [0.05, 0.1) is 5.56 Å². The normalized spacial score (nSPS) is 10.1. The number of carbonyl (C=O) groups is 1. The smallest absolute Gasteiger partial charge is 0.335 e. The maximum atomic E-state index is 10.8. The molecular weight excluding hydrogens is 258 g/mol. The minimum Gasteiger partial charge on any atom is -0.478 e. The van der Waals surface area contributed by atoms with Crippen molar-refractivity contribution in [2.45, 2.75) is 0 Å². The number of aromatic carboxylic acids is 1. The zero-order valence-electron chi connectivity index (χ0n) is 11.2. The van der Waals surface area contributed by atoms with E-state index < -0.39 is 5.97 Å². The molecule has 0 radical (unpaired) electrons. The Hall–Kier alpha value is -2.83. The van der Waals surface area contributed by atoms with E-state index >= 15 is 0 Å². The molecule has 0 aliphatic rings. The predicted octanol–water partition coefficient (Wildman–Crippen LogP) is 1.57. The Kier molecular flexibility index (Phi) is 3.69. The maximum Gasteiger partial charge on any atom is 0.335 e. The minimum atomic E-state index is -0.965. The molecule has 0 aliphatic carbocycles. The Morgan fingerprint density at radius 2 is 1.90 bits per heavy atom. The quantitative estimate of drug-likeness (QED) is 0.776. The summed E-state index contributed by atoms with van der Waals surface area (Å²) < 4.78 is 0. The zero-order valence-corrected chi connectivity index (χ0v) is 11.2. The van der Waals surface area contributed by atoms with E-state index in [1.807, 2.05) is 14.1 Å². The lowest BCUT2D eigenvalue weighted by molar-refractivity contribution is 0.0697. The Labute approximate surface area is 116 Å². The van der Waals surface area contributed by atoms with Gasteiger partial charge in [-0.15, -0.1) is 0 Å². The molecule has 0 spiro atoms. The lowest BCUT2D eigenvalue weighted by atomic mass is 10.2. The Balaban J connectivity index is 2.26. The van der Waals surface area contributed by atoms with Crippen LogP contribution in [0.5, 0.6) is 0 Å². The second-order valence-corrected chi connectivity index (χ2v) is 4.36. The summed E-state index contributed by atoms with van der Waals surface area (Å²) >= 11 is 0. The van der Waals surface area contributed by atoms with Crippen molar-refractivity contribution in [3.8, 4) is 0 Å². The average Bonchev–Trinajstić information content (AvgIpc) is 2.41. The highest BCUT2D eigenvalue weighted by molar-refractivity contribution is 5.88. The molecule has 1 aromatic carbocycles. The van der Waals surface area contributed by atoms with E-state index in [9.17, 15) is 4.79 Å². The van der Waals surface area contributed by atoms with Crippen molar-refractivity contribution in [3.05, 3.63) is 36.2 Å². The van der Waals surface area contributed by atoms with Gasteiger partial charge in [0.2, 0.25) is 0 Å². The highest BCUT2D eigenvalue weighted by Gasteiger charge is 2.10. The third-order valence-electron chi connectivity index (χ3n) is 2.68. The van der Waals surface area contributed by atoms with Crippen molar-refractivity contribution in [2.75, 3.05) is 30.0 Å². The summed E-state index contributed by atoms with van der Waals surface area (Å²) in [5.41, 5.74) is 7.34. The first kappa shape index (κ1) is 13.6. The molecule has 0 fully saturated rings. The molecule has 0 unspecified atom stereocenters. The fourth-order valence-electron chi connectivity index (χ4n) is 1.68. The number of hydrogen-bond acceptors (Lipinski definition) is 6. The van der Waals surface area contributed by atoms with E-state index in [1.165, 1.54) is 18.5 Å². The molecule has 0 saturated carbocycles. The first-order valence-electron chi connectivity index (χ1n) is 5.87. The number of rotatable bonds is 4. The van der Waals surface area contributed by atoms with Crippen LogP contribution in [0, 0.1) is 0 Å². The van der Waals surface area contributed by atoms with Gasteiger partial charge in [0.25, 0.3) is 0 Å². The summed E-state index contributed by atoms with van der Waals surface area (Å²) in [5, 5.41) is 11.9. The van der Waals surface area contributed by atoms with Crippen LogP contribution in [0.1, 0.15) is 10.4 Å². The number of carboxylic acid groups (broad SMARTS) is 1. The third-order valence-corrected chi connectivity index (χ3v) is 2.68. The van der Waals surface area contributed by atoms with Crippen molar-refractivity contribution in [1.82, 2.24) is 9.97 Å². The molecule has 1 heterocycles. The molecule has 2 aromatic rings. The van der Waals surface area contributed by atoms with Crippen molar-refractivity contribution in [1.29, 1.82) is 0 Å². The van der Waals surface area contributed by atoms with Crippen LogP contribution in [0.3, 0.4) is 0 Å². The highest BCUT2D eigenvalue weighted by atomic mass is 16.4. The number of nitrogens with zero attached hydrogens (tertiary/aromatic N) is 3. The van der Waals surface area contributed by atoms with E-state index in [2.05, 4.69) is 15.3 Å². The Bertz CT molecular complexity index is 625. The van der Waals surface area contributed by atoms with Crippen molar-refractivity contribution in [3.63, 3.8) is 0 Å². The molecule has 7 nitrogen and oxygen atoms in total. The van der Waals surface area contributed by atoms with Crippen LogP contribution in [0.2, 0.25) is 0 Å². The fraction of sp³-hybridized carbons (Fsp3) is 0.154. The number of nitrogens with one attached hydrogen (secondary N) is 1. The molecule has 0 aliphatic heterocycles. The van der Waals surface area contributed by atoms with Gasteiger partial charge in [-0.25, -0.2) is 14.8 Å². The van der Waals surface area contributed by atoms with E-state index in [4.69, 9.17) is 10.8 Å². The summed E-state index contributed by atoms with van der Waals surface area (Å²) in [6.45, 7) is 0. The number of aromatic nitrogens is 2. The molecule has 0 atom stereocenters. The minimum absolute atomic E-state index is 0.222. The Morgan fingerprint density at radius 3 is 2.45 bits per heavy atom. The Morgan fingerprint density at radius 1 is 1.25 bits per heavy atom. The maximum absolute atomic E-state index is 10.8. The van der Waals surface area contributed by atoms with Crippen LogP contribution in [-0.2, 0) is 0 Å². The molecule has 1 aromatic heterocycles. The zero-order chi connectivity index (χ0) is 14.7. The molecule has 4 N–H and O–H groups in total. The molecular formula is C13H15N5O2. The van der Waals surface area contributed by atoms with Crippen molar-refractivity contribution >= 4 is 29.0 Å². The van der Waals surface area contributed by atoms with Gasteiger partial charge in [-0.05, 0) is 24.3 Å². The second-order valence-electron chi connectivity index (χ2n) is 4.36. The summed E-state index contributed by atoms with van der Waals surface area (Å²) in [5.74, 6) is 0.129. The van der Waals surface area contributed by atoms with Crippen LogP contribution in [0.15, 0.2) is 30.6 Å². The number of carboxylic acids is 1. The van der Waals surface area contributed by atoms with E-state index in [-0.39, 0.29) is 5.56 Å². The molecule has 20 heavy (non-hydrogen) atoms. The van der Waals surface area contributed by atoms with Gasteiger partial charge in [-0.2, -0.15) is 0 Å². The third kappa shape index (κ3) is 2.77. The van der Waals surface area contributed by atoms with Gasteiger partial charge < -0.3 is 21.1 Å². The van der Waals surface area contributed by atoms with Crippen LogP contribution < -0.4 is 16.0 Å². The van der Waals surface area contributed by atoms with Gasteiger partial charge in [-0.1, -0.05) is 0 Å². The lowest BCUT2D eigenvalue weighted by Crippen LogP contribution is -2.14. The van der Waals surface area contributed by atoms with Gasteiger partial charge in [0, 0.05) is 19.8 Å². The van der Waals surface area contributed by atoms with Gasteiger partial charge in [-0.3, -0.25) is 0 Å². The largest absolute Gasteiger partial charge is 0.478 e. The molecule has 0 amide bonds. The summed E-state index contributed by atoms with van der Waals surface area (Å²) in [7, 11) is 3.67. The number of hydrogen-bond donors (Lipinski definition) is 3. The summed E-state index contributed by atoms with van der Waals surface area (Å²) in [6.07, 6.45) is 1.42. The van der Waals surface area contributed by atoms with E-state index in [1.54, 1.807) is 17.0 Å². The molecule has 7 heteroatoms. The van der Waals surface area contributed by atoms with Crippen LogP contribution in [-0.4, -0.2) is 35.1 Å². The van der Waals surface area contributed by atoms with Gasteiger partial charge >= 0.3 is 5.97 Å². The first-order chi connectivity index (χ1) is 9.49. The first-order valence-corrected chi connectivity index (χ1v) is 5.87. The molecule has 0 bridgehead atoms. The van der Waals surface area contributed by atoms with Crippen molar-refractivity contribution in [2.24, 2.45) is 0 Å². The summed E-state index contributed by atoms with van der Waals surface area (Å²) in [6, 6.07) is 6.32. The average molecular weight is 273 g/mol. The summed E-state index contributed by atoms with van der Waals surface area (Å²) in [4.78, 5) is 20.7. The van der Waals surface area contributed by atoms with Crippen molar-refractivity contribution < 1.29 is 9.90 Å². The molecule has 0 saturated heterocycles. The van der Waals surface area contributed by atoms with E-state index in [0.29, 0.717) is 23.0 Å². The monoisotopic (exact) mass is 273 g/mol.